The molecular formula is C15H14Cl2N2O2S. The molecule has 1 saturated heterocycles. The van der Waals surface area contributed by atoms with Crippen LogP contribution in [-0.4, -0.2) is 24.3 Å². The van der Waals surface area contributed by atoms with Crippen molar-refractivity contribution < 1.29 is 8.42 Å². The van der Waals surface area contributed by atoms with Crippen LogP contribution in [-0.2, 0) is 10.0 Å². The second-order valence-corrected chi connectivity index (χ2v) is 7.75. The summed E-state index contributed by atoms with van der Waals surface area (Å²) in [4.78, 5) is 3.97. The fourth-order valence-corrected chi connectivity index (χ4v) is 5.57. The van der Waals surface area contributed by atoms with Gasteiger partial charge >= 0.3 is 0 Å². The molecule has 116 valence electrons. The Morgan fingerprint density at radius 3 is 2.36 bits per heavy atom. The highest BCUT2D eigenvalue weighted by Crippen LogP contribution is 2.40. The van der Waals surface area contributed by atoms with Crippen molar-refractivity contribution in [3.8, 4) is 0 Å². The SMILES string of the molecule is O=S(=O)(c1c(Cl)cccc1Cl)N1CCCC1c1ccncc1. The van der Waals surface area contributed by atoms with Gasteiger partial charge in [0.25, 0.3) is 0 Å². The minimum Gasteiger partial charge on any atom is -0.265 e. The molecule has 1 aromatic carbocycles. The fraction of sp³-hybridized carbons (Fsp3) is 0.267. The average molecular weight is 357 g/mol. The van der Waals surface area contributed by atoms with Crippen molar-refractivity contribution in [2.45, 2.75) is 23.8 Å². The van der Waals surface area contributed by atoms with Crippen molar-refractivity contribution in [1.29, 1.82) is 0 Å². The second-order valence-electron chi connectivity index (χ2n) is 5.11. The molecule has 0 aliphatic carbocycles. The van der Waals surface area contributed by atoms with Gasteiger partial charge < -0.3 is 0 Å². The Balaban J connectivity index is 2.05. The number of pyridine rings is 1. The topological polar surface area (TPSA) is 50.3 Å². The summed E-state index contributed by atoms with van der Waals surface area (Å²) in [6.07, 6.45) is 4.90. The predicted molar refractivity (Wildman–Crippen MR) is 86.6 cm³/mol. The Labute approximate surface area is 139 Å². The minimum absolute atomic E-state index is 0.0145. The molecule has 1 unspecified atom stereocenters. The van der Waals surface area contributed by atoms with E-state index in [4.69, 9.17) is 23.2 Å². The summed E-state index contributed by atoms with van der Waals surface area (Å²) in [6.45, 7) is 0.455. The first kappa shape index (κ1) is 15.7. The zero-order valence-electron chi connectivity index (χ0n) is 11.6. The van der Waals surface area contributed by atoms with Crippen LogP contribution in [0.4, 0.5) is 0 Å². The van der Waals surface area contributed by atoms with Crippen molar-refractivity contribution >= 4 is 33.2 Å². The number of halogens is 2. The quantitative estimate of drug-likeness (QED) is 0.837. The normalized spacial score (nSPS) is 19.5. The van der Waals surface area contributed by atoms with Gasteiger partial charge in [0.2, 0.25) is 10.0 Å². The zero-order valence-corrected chi connectivity index (χ0v) is 13.9. The van der Waals surface area contributed by atoms with Crippen molar-refractivity contribution in [2.75, 3.05) is 6.54 Å². The van der Waals surface area contributed by atoms with Gasteiger partial charge in [0.05, 0.1) is 16.1 Å². The predicted octanol–water partition coefficient (Wildman–Crippen LogP) is 3.91. The molecule has 3 rings (SSSR count). The first-order chi connectivity index (χ1) is 10.5. The highest BCUT2D eigenvalue weighted by molar-refractivity contribution is 7.89. The highest BCUT2D eigenvalue weighted by atomic mass is 35.5. The van der Waals surface area contributed by atoms with E-state index in [1.165, 1.54) is 16.4 Å². The molecule has 4 nitrogen and oxygen atoms in total. The number of aromatic nitrogens is 1. The molecule has 0 saturated carbocycles. The summed E-state index contributed by atoms with van der Waals surface area (Å²) in [5, 5.41) is 0.292. The lowest BCUT2D eigenvalue weighted by molar-refractivity contribution is 0.396. The minimum atomic E-state index is -3.75. The number of hydrogen-bond donors (Lipinski definition) is 0. The van der Waals surface area contributed by atoms with Crippen LogP contribution in [0.3, 0.4) is 0 Å². The van der Waals surface area contributed by atoms with Gasteiger partial charge in [0, 0.05) is 18.9 Å². The molecule has 1 fully saturated rings. The molecule has 1 aromatic heterocycles. The van der Waals surface area contributed by atoms with E-state index < -0.39 is 10.0 Å². The molecule has 0 radical (unpaired) electrons. The van der Waals surface area contributed by atoms with Gasteiger partial charge in [-0.15, -0.1) is 0 Å². The maximum absolute atomic E-state index is 13.0. The number of sulfonamides is 1. The highest BCUT2D eigenvalue weighted by Gasteiger charge is 2.38. The van der Waals surface area contributed by atoms with Crippen LogP contribution < -0.4 is 0 Å². The standard InChI is InChI=1S/C15H14Cl2N2O2S/c16-12-3-1-4-13(17)15(12)22(20,21)19-10-2-5-14(19)11-6-8-18-9-7-11/h1,3-4,6-9,14H,2,5,10H2. The first-order valence-corrected chi connectivity index (χ1v) is 9.07. The fourth-order valence-electron chi connectivity index (χ4n) is 2.79. The van der Waals surface area contributed by atoms with E-state index in [-0.39, 0.29) is 21.0 Å². The Morgan fingerprint density at radius 2 is 1.73 bits per heavy atom. The molecule has 0 spiro atoms. The van der Waals surface area contributed by atoms with Crippen LogP contribution in [0, 0.1) is 0 Å². The smallest absolute Gasteiger partial charge is 0.246 e. The van der Waals surface area contributed by atoms with Crippen molar-refractivity contribution in [2.24, 2.45) is 0 Å². The molecule has 22 heavy (non-hydrogen) atoms. The lowest BCUT2D eigenvalue weighted by atomic mass is 10.1. The first-order valence-electron chi connectivity index (χ1n) is 6.87. The number of benzene rings is 1. The van der Waals surface area contributed by atoms with E-state index in [9.17, 15) is 8.42 Å². The second kappa shape index (κ2) is 6.16. The van der Waals surface area contributed by atoms with E-state index >= 15 is 0 Å². The Bertz CT molecular complexity index is 761. The van der Waals surface area contributed by atoms with Crippen molar-refractivity contribution in [3.05, 3.63) is 58.3 Å². The van der Waals surface area contributed by atoms with Gasteiger partial charge in [-0.05, 0) is 42.7 Å². The third-order valence-corrected chi connectivity index (χ3v) is 6.64. The van der Waals surface area contributed by atoms with Crippen molar-refractivity contribution in [1.82, 2.24) is 9.29 Å². The monoisotopic (exact) mass is 356 g/mol. The molecule has 7 heteroatoms. The third-order valence-electron chi connectivity index (χ3n) is 3.78. The summed E-state index contributed by atoms with van der Waals surface area (Å²) in [5.41, 5.74) is 0.930. The van der Waals surface area contributed by atoms with Crippen LogP contribution in [0.1, 0.15) is 24.4 Å². The lowest BCUT2D eigenvalue weighted by Crippen LogP contribution is -2.31. The Hall–Kier alpha value is -1.14. The van der Waals surface area contributed by atoms with Gasteiger partial charge in [-0.1, -0.05) is 29.3 Å². The van der Waals surface area contributed by atoms with Gasteiger partial charge in [-0.25, -0.2) is 8.42 Å². The van der Waals surface area contributed by atoms with Crippen LogP contribution in [0.5, 0.6) is 0 Å². The largest absolute Gasteiger partial charge is 0.265 e. The number of rotatable bonds is 3. The summed E-state index contributed by atoms with van der Waals surface area (Å²) in [7, 11) is -3.75. The summed E-state index contributed by atoms with van der Waals surface area (Å²) in [6, 6.07) is 8.18. The van der Waals surface area contributed by atoms with Gasteiger partial charge in [-0.2, -0.15) is 4.31 Å². The third kappa shape index (κ3) is 2.74. The summed E-state index contributed by atoms with van der Waals surface area (Å²) in [5.74, 6) is 0. The zero-order chi connectivity index (χ0) is 15.7. The van der Waals surface area contributed by atoms with E-state index in [0.29, 0.717) is 6.54 Å². The number of hydrogen-bond acceptors (Lipinski definition) is 3. The van der Waals surface area contributed by atoms with Crippen LogP contribution >= 0.6 is 23.2 Å². The van der Waals surface area contributed by atoms with E-state index in [1.807, 2.05) is 12.1 Å². The Morgan fingerprint density at radius 1 is 1.09 bits per heavy atom. The average Bonchev–Trinajstić information content (AvgIpc) is 2.98. The van der Waals surface area contributed by atoms with Gasteiger partial charge in [0.1, 0.15) is 4.90 Å². The van der Waals surface area contributed by atoms with Crippen LogP contribution in [0.2, 0.25) is 10.0 Å². The molecule has 1 aliphatic rings. The van der Waals surface area contributed by atoms with E-state index in [1.54, 1.807) is 18.5 Å². The maximum atomic E-state index is 13.0. The lowest BCUT2D eigenvalue weighted by Gasteiger charge is -2.25. The molecule has 0 bridgehead atoms. The van der Waals surface area contributed by atoms with Crippen LogP contribution in [0.25, 0.3) is 0 Å². The van der Waals surface area contributed by atoms with Gasteiger partial charge in [0.15, 0.2) is 0 Å². The van der Waals surface area contributed by atoms with E-state index in [0.717, 1.165) is 18.4 Å². The molecule has 1 aliphatic heterocycles. The Kier molecular flexibility index (Phi) is 4.41. The van der Waals surface area contributed by atoms with Crippen LogP contribution in [0.15, 0.2) is 47.6 Å². The molecule has 2 heterocycles. The summed E-state index contributed by atoms with van der Waals surface area (Å²) < 4.78 is 27.5. The van der Waals surface area contributed by atoms with E-state index in [2.05, 4.69) is 4.98 Å². The van der Waals surface area contributed by atoms with Gasteiger partial charge in [-0.3, -0.25) is 4.98 Å². The molecular weight excluding hydrogens is 343 g/mol. The molecule has 1 atom stereocenters. The molecule has 2 aromatic rings. The molecule has 0 amide bonds. The molecule has 0 N–H and O–H groups in total. The summed E-state index contributed by atoms with van der Waals surface area (Å²) >= 11 is 12.2. The number of nitrogens with zero attached hydrogens (tertiary/aromatic N) is 2. The maximum Gasteiger partial charge on any atom is 0.246 e. The van der Waals surface area contributed by atoms with Crippen molar-refractivity contribution in [3.63, 3.8) is 0 Å².